The molecular weight excluding hydrogens is 326 g/mol. The van der Waals surface area contributed by atoms with Gasteiger partial charge in [-0.05, 0) is 36.4 Å². The van der Waals surface area contributed by atoms with E-state index in [9.17, 15) is 13.6 Å². The first-order chi connectivity index (χ1) is 11.0. The molecule has 0 atom stereocenters. The molecule has 3 rings (SSSR count). The van der Waals surface area contributed by atoms with Crippen LogP contribution in [0.3, 0.4) is 0 Å². The highest BCUT2D eigenvalue weighted by Gasteiger charge is 2.13. The number of carbonyl (C=O) groups excluding carboxylic acids is 1. The predicted octanol–water partition coefficient (Wildman–Crippen LogP) is 3.45. The Morgan fingerprint density at radius 2 is 2.00 bits per heavy atom. The molecule has 0 bridgehead atoms. The summed E-state index contributed by atoms with van der Waals surface area (Å²) in [6, 6.07) is 7.51. The molecule has 0 fully saturated rings. The highest BCUT2D eigenvalue weighted by atomic mass is 35.5. The number of aromatic nitrogens is 3. The van der Waals surface area contributed by atoms with Gasteiger partial charge in [0.25, 0.3) is 5.91 Å². The molecule has 0 saturated heterocycles. The number of amides is 1. The summed E-state index contributed by atoms with van der Waals surface area (Å²) in [6.45, 7) is 0. The molecule has 0 saturated carbocycles. The van der Waals surface area contributed by atoms with E-state index in [1.807, 2.05) is 0 Å². The Kier molecular flexibility index (Phi) is 4.03. The second-order valence-electron chi connectivity index (χ2n) is 4.58. The first-order valence-corrected chi connectivity index (χ1v) is 6.83. The van der Waals surface area contributed by atoms with Crippen LogP contribution in [-0.2, 0) is 0 Å². The molecular formula is C15H9ClF2N4O. The van der Waals surface area contributed by atoms with Crippen LogP contribution < -0.4 is 5.32 Å². The fraction of sp³-hybridized carbons (Fsp3) is 0. The van der Waals surface area contributed by atoms with Crippen LogP contribution in [0.25, 0.3) is 5.69 Å². The minimum Gasteiger partial charge on any atom is -0.322 e. The Labute approximate surface area is 134 Å². The number of nitrogens with zero attached hydrogens (tertiary/aromatic N) is 3. The van der Waals surface area contributed by atoms with Crippen LogP contribution in [0.5, 0.6) is 0 Å². The lowest BCUT2D eigenvalue weighted by Gasteiger charge is -2.09. The topological polar surface area (TPSA) is 59.8 Å². The smallest absolute Gasteiger partial charge is 0.257 e. The van der Waals surface area contributed by atoms with E-state index in [1.165, 1.54) is 35.5 Å². The van der Waals surface area contributed by atoms with Crippen LogP contribution in [0.15, 0.2) is 49.1 Å². The molecule has 0 aliphatic carbocycles. The number of hydrogen-bond acceptors (Lipinski definition) is 3. The third-order valence-corrected chi connectivity index (χ3v) is 3.36. The highest BCUT2D eigenvalue weighted by molar-refractivity contribution is 6.34. The molecule has 5 nitrogen and oxygen atoms in total. The van der Waals surface area contributed by atoms with Gasteiger partial charge in [0, 0.05) is 5.69 Å². The van der Waals surface area contributed by atoms with Gasteiger partial charge in [0.15, 0.2) is 5.82 Å². The normalized spacial score (nSPS) is 10.6. The third kappa shape index (κ3) is 3.19. The molecule has 3 aromatic rings. The van der Waals surface area contributed by atoms with Gasteiger partial charge in [0.1, 0.15) is 24.2 Å². The fourth-order valence-corrected chi connectivity index (χ4v) is 2.23. The second-order valence-corrected chi connectivity index (χ2v) is 4.99. The summed E-state index contributed by atoms with van der Waals surface area (Å²) in [5.41, 5.74) is 0.519. The van der Waals surface area contributed by atoms with Crippen molar-refractivity contribution in [1.29, 1.82) is 0 Å². The number of rotatable bonds is 3. The zero-order valence-electron chi connectivity index (χ0n) is 11.5. The number of hydrogen-bond donors (Lipinski definition) is 1. The molecule has 23 heavy (non-hydrogen) atoms. The summed E-state index contributed by atoms with van der Waals surface area (Å²) >= 11 is 5.82. The van der Waals surface area contributed by atoms with Crippen molar-refractivity contribution in [2.24, 2.45) is 0 Å². The van der Waals surface area contributed by atoms with Gasteiger partial charge in [0.2, 0.25) is 0 Å². The standard InChI is InChI=1S/C15H9ClF2N4O/c16-12-5-9(17)1-3-11(12)15(23)21-10-2-4-14(13(18)6-10)22-8-19-7-20-22/h1-8H,(H,21,23). The van der Waals surface area contributed by atoms with Crippen molar-refractivity contribution >= 4 is 23.2 Å². The molecule has 8 heteroatoms. The van der Waals surface area contributed by atoms with Gasteiger partial charge in [-0.1, -0.05) is 11.6 Å². The lowest BCUT2D eigenvalue weighted by molar-refractivity contribution is 0.102. The zero-order valence-corrected chi connectivity index (χ0v) is 12.3. The third-order valence-electron chi connectivity index (χ3n) is 3.05. The van der Waals surface area contributed by atoms with Crippen molar-refractivity contribution in [2.75, 3.05) is 5.32 Å². The number of benzene rings is 2. The maximum Gasteiger partial charge on any atom is 0.257 e. The van der Waals surface area contributed by atoms with E-state index in [0.717, 1.165) is 18.2 Å². The van der Waals surface area contributed by atoms with E-state index in [1.54, 1.807) is 0 Å². The number of nitrogens with one attached hydrogen (secondary N) is 1. The lowest BCUT2D eigenvalue weighted by atomic mass is 10.2. The summed E-state index contributed by atoms with van der Waals surface area (Å²) in [4.78, 5) is 15.8. The lowest BCUT2D eigenvalue weighted by Crippen LogP contribution is -2.13. The highest BCUT2D eigenvalue weighted by Crippen LogP contribution is 2.21. The minimum atomic E-state index is -0.585. The second kappa shape index (κ2) is 6.13. The van der Waals surface area contributed by atoms with E-state index in [4.69, 9.17) is 11.6 Å². The average Bonchev–Trinajstić information content (AvgIpc) is 3.01. The van der Waals surface area contributed by atoms with Crippen LogP contribution in [0.1, 0.15) is 10.4 Å². The Morgan fingerprint density at radius 1 is 1.17 bits per heavy atom. The van der Waals surface area contributed by atoms with Gasteiger partial charge < -0.3 is 5.32 Å². The van der Waals surface area contributed by atoms with E-state index >= 15 is 0 Å². The summed E-state index contributed by atoms with van der Waals surface area (Å²) in [5.74, 6) is -1.70. The molecule has 1 aromatic heterocycles. The first kappa shape index (κ1) is 15.1. The van der Waals surface area contributed by atoms with Gasteiger partial charge in [0.05, 0.1) is 10.6 Å². The quantitative estimate of drug-likeness (QED) is 0.798. The van der Waals surface area contributed by atoms with E-state index in [2.05, 4.69) is 15.4 Å². The van der Waals surface area contributed by atoms with Crippen molar-refractivity contribution < 1.29 is 13.6 Å². The van der Waals surface area contributed by atoms with Gasteiger partial charge in [-0.15, -0.1) is 0 Å². The average molecular weight is 335 g/mol. The summed E-state index contributed by atoms with van der Waals surface area (Å²) in [6.07, 6.45) is 2.64. The summed E-state index contributed by atoms with van der Waals surface area (Å²) in [5, 5.41) is 6.31. The predicted molar refractivity (Wildman–Crippen MR) is 80.7 cm³/mol. The van der Waals surface area contributed by atoms with E-state index < -0.39 is 17.5 Å². The van der Waals surface area contributed by atoms with Crippen molar-refractivity contribution in [3.63, 3.8) is 0 Å². The first-order valence-electron chi connectivity index (χ1n) is 6.45. The SMILES string of the molecule is O=C(Nc1ccc(-n2cncn2)c(F)c1)c1ccc(F)cc1Cl. The van der Waals surface area contributed by atoms with Crippen LogP contribution in [0, 0.1) is 11.6 Å². The van der Waals surface area contributed by atoms with E-state index in [0.29, 0.717) is 0 Å². The maximum absolute atomic E-state index is 14.1. The van der Waals surface area contributed by atoms with Crippen LogP contribution in [0.4, 0.5) is 14.5 Å². The van der Waals surface area contributed by atoms with Crippen molar-refractivity contribution in [1.82, 2.24) is 14.8 Å². The van der Waals surface area contributed by atoms with Crippen LogP contribution in [0.2, 0.25) is 5.02 Å². The molecule has 1 heterocycles. The molecule has 1 amide bonds. The Morgan fingerprint density at radius 3 is 2.65 bits per heavy atom. The minimum absolute atomic E-state index is 0.0257. The van der Waals surface area contributed by atoms with Crippen molar-refractivity contribution in [2.45, 2.75) is 0 Å². The molecule has 0 radical (unpaired) electrons. The Balaban J connectivity index is 1.83. The van der Waals surface area contributed by atoms with Crippen molar-refractivity contribution in [3.05, 3.63) is 71.3 Å². The fourth-order valence-electron chi connectivity index (χ4n) is 1.98. The Bertz CT molecular complexity index is 868. The Hall–Kier alpha value is -2.80. The summed E-state index contributed by atoms with van der Waals surface area (Å²) in [7, 11) is 0. The van der Waals surface area contributed by atoms with Crippen LogP contribution >= 0.6 is 11.6 Å². The van der Waals surface area contributed by atoms with Gasteiger partial charge in [-0.2, -0.15) is 5.10 Å². The number of anilines is 1. The maximum atomic E-state index is 14.1. The molecule has 0 aliphatic heterocycles. The molecule has 1 N–H and O–H groups in total. The number of halogens is 3. The van der Waals surface area contributed by atoms with Gasteiger partial charge in [-0.3, -0.25) is 4.79 Å². The number of carbonyl (C=O) groups is 1. The summed E-state index contributed by atoms with van der Waals surface area (Å²) < 4.78 is 28.3. The van der Waals surface area contributed by atoms with Crippen LogP contribution in [-0.4, -0.2) is 20.7 Å². The molecule has 0 aliphatic rings. The van der Waals surface area contributed by atoms with Gasteiger partial charge >= 0.3 is 0 Å². The van der Waals surface area contributed by atoms with Gasteiger partial charge in [-0.25, -0.2) is 18.4 Å². The molecule has 0 unspecified atom stereocenters. The largest absolute Gasteiger partial charge is 0.322 e. The monoisotopic (exact) mass is 334 g/mol. The molecule has 2 aromatic carbocycles. The van der Waals surface area contributed by atoms with Crippen molar-refractivity contribution in [3.8, 4) is 5.69 Å². The molecule has 0 spiro atoms. The zero-order chi connectivity index (χ0) is 16.4. The van der Waals surface area contributed by atoms with E-state index in [-0.39, 0.29) is 22.0 Å². The molecule has 116 valence electrons.